The molecule has 4 rings (SSSR count). The molecule has 126 valence electrons. The zero-order valence-electron chi connectivity index (χ0n) is 15.2. The first-order valence-corrected chi connectivity index (χ1v) is 8.28. The average Bonchev–Trinajstić information content (AvgIpc) is 3.36. The van der Waals surface area contributed by atoms with E-state index in [1.165, 1.54) is 11.1 Å². The second-order valence-electron chi connectivity index (χ2n) is 5.34. The molecule has 0 spiro atoms. The molecule has 2 aromatic rings. The van der Waals surface area contributed by atoms with Crippen molar-refractivity contribution in [3.63, 3.8) is 0 Å². The van der Waals surface area contributed by atoms with Crippen molar-refractivity contribution in [3.05, 3.63) is 120 Å². The van der Waals surface area contributed by atoms with Gasteiger partial charge in [0.15, 0.2) is 0 Å². The molecule has 25 heavy (non-hydrogen) atoms. The third kappa shape index (κ3) is 15.4. The van der Waals surface area contributed by atoms with Crippen LogP contribution < -0.4 is 0 Å². The van der Waals surface area contributed by atoms with Gasteiger partial charge < -0.3 is 0 Å². The number of benzene rings is 2. The Morgan fingerprint density at radius 1 is 0.560 bits per heavy atom. The van der Waals surface area contributed by atoms with Gasteiger partial charge in [-0.05, 0) is 12.8 Å². The summed E-state index contributed by atoms with van der Waals surface area (Å²) in [5, 5.41) is 0. The molecule has 2 aromatic carbocycles. The largest absolute Gasteiger partial charge is 2.00 e. The maximum atomic E-state index is 2.93. The normalized spacial score (nSPS) is 11.9. The fourth-order valence-electron chi connectivity index (χ4n) is 1.73. The monoisotopic (exact) mass is 362 g/mol. The summed E-state index contributed by atoms with van der Waals surface area (Å²) in [6.45, 7) is 4.13. The molecule has 1 heteroatoms. The van der Waals surface area contributed by atoms with Crippen LogP contribution in [0.1, 0.15) is 24.0 Å². The molecule has 2 aliphatic rings. The van der Waals surface area contributed by atoms with Crippen LogP contribution in [0.3, 0.4) is 0 Å². The molecule has 0 nitrogen and oxygen atoms in total. The van der Waals surface area contributed by atoms with Gasteiger partial charge in [-0.1, -0.05) is 62.5 Å². The van der Waals surface area contributed by atoms with Gasteiger partial charge in [-0.15, -0.1) is 0 Å². The summed E-state index contributed by atoms with van der Waals surface area (Å²) >= 11 is 0. The first-order valence-electron chi connectivity index (χ1n) is 8.28. The Balaban J connectivity index is 0.000000307. The number of rotatable bonds is 0. The van der Waals surface area contributed by atoms with Crippen molar-refractivity contribution >= 4 is 0 Å². The molecule has 0 bridgehead atoms. The summed E-state index contributed by atoms with van der Waals surface area (Å²) < 4.78 is 0. The summed E-state index contributed by atoms with van der Waals surface area (Å²) in [4.78, 5) is 0. The van der Waals surface area contributed by atoms with Crippen molar-refractivity contribution in [1.82, 2.24) is 0 Å². The second-order valence-corrected chi connectivity index (χ2v) is 5.34. The van der Waals surface area contributed by atoms with E-state index in [1.54, 1.807) is 0 Å². The molecular weight excluding hydrogens is 336 g/mol. The summed E-state index contributed by atoms with van der Waals surface area (Å²) in [6, 6.07) is 21.6. The van der Waals surface area contributed by atoms with Gasteiger partial charge in [0.1, 0.15) is 0 Å². The molecule has 0 atom stereocenters. The molecule has 0 aromatic heterocycles. The molecule has 0 saturated heterocycles. The topological polar surface area (TPSA) is 0 Å². The predicted molar refractivity (Wildman–Crippen MR) is 106 cm³/mol. The van der Waals surface area contributed by atoms with Gasteiger partial charge in [-0.25, -0.2) is 0 Å². The summed E-state index contributed by atoms with van der Waals surface area (Å²) in [6.07, 6.45) is 19.0. The van der Waals surface area contributed by atoms with Crippen molar-refractivity contribution in [2.24, 2.45) is 0 Å². The zero-order valence-corrected chi connectivity index (χ0v) is 16.7. The third-order valence-corrected chi connectivity index (χ3v) is 3.08. The maximum Gasteiger partial charge on any atom is 2.00 e. The van der Waals surface area contributed by atoms with Gasteiger partial charge in [0, 0.05) is 0 Å². The van der Waals surface area contributed by atoms with Gasteiger partial charge in [0.2, 0.25) is 0 Å². The molecule has 2 aliphatic carbocycles. The van der Waals surface area contributed by atoms with E-state index in [-0.39, 0.29) is 21.7 Å². The molecule has 0 amide bonds. The molecule has 0 fully saturated rings. The molecule has 0 unspecified atom stereocenters. The summed E-state index contributed by atoms with van der Waals surface area (Å²) in [7, 11) is 0. The van der Waals surface area contributed by atoms with Crippen molar-refractivity contribution < 1.29 is 21.7 Å². The van der Waals surface area contributed by atoms with Crippen LogP contribution in [0.4, 0.5) is 0 Å². The Kier molecular flexibility index (Phi) is 15.7. The maximum absolute atomic E-state index is 2.93. The Bertz CT molecular complexity index is 555. The van der Waals surface area contributed by atoms with E-state index in [1.807, 2.05) is 48.5 Å². The van der Waals surface area contributed by atoms with Crippen LogP contribution >= 0.6 is 0 Å². The van der Waals surface area contributed by atoms with Crippen LogP contribution in [-0.4, -0.2) is 0 Å². The zero-order chi connectivity index (χ0) is 17.3. The number of allylic oxidation sites excluding steroid dienone is 8. The fraction of sp³-hybridized carbons (Fsp3) is 0.167. The predicted octanol–water partition coefficient (Wildman–Crippen LogP) is 6.59. The fourth-order valence-corrected chi connectivity index (χ4v) is 1.73. The molecule has 0 saturated carbocycles. The second kappa shape index (κ2) is 17.0. The molecule has 0 N–H and O–H groups in total. The van der Waals surface area contributed by atoms with Crippen LogP contribution in [0.2, 0.25) is 0 Å². The van der Waals surface area contributed by atoms with E-state index in [0.29, 0.717) is 0 Å². The van der Waals surface area contributed by atoms with Crippen molar-refractivity contribution in [1.29, 1.82) is 0 Å². The van der Waals surface area contributed by atoms with Crippen LogP contribution in [0.5, 0.6) is 0 Å². The first-order chi connectivity index (χ1) is 11.8. The van der Waals surface area contributed by atoms with Gasteiger partial charge in [-0.3, -0.25) is 0 Å². The van der Waals surface area contributed by atoms with Crippen LogP contribution in [0, 0.1) is 26.0 Å². The Morgan fingerprint density at radius 2 is 0.840 bits per heavy atom. The van der Waals surface area contributed by atoms with Crippen LogP contribution in [0.25, 0.3) is 0 Å². The van der Waals surface area contributed by atoms with E-state index in [2.05, 4.69) is 74.6 Å². The molecular formula is C24H26Ti. The smallest absolute Gasteiger partial charge is 0.184 e. The minimum Gasteiger partial charge on any atom is -0.184 e. The van der Waals surface area contributed by atoms with E-state index in [0.717, 1.165) is 12.8 Å². The van der Waals surface area contributed by atoms with Crippen molar-refractivity contribution in [2.45, 2.75) is 26.7 Å². The van der Waals surface area contributed by atoms with Crippen molar-refractivity contribution in [2.75, 3.05) is 0 Å². The van der Waals surface area contributed by atoms with E-state index in [9.17, 15) is 0 Å². The first kappa shape index (κ1) is 23.1. The van der Waals surface area contributed by atoms with Gasteiger partial charge in [-0.2, -0.15) is 71.8 Å². The van der Waals surface area contributed by atoms with Gasteiger partial charge in [0.25, 0.3) is 0 Å². The minimum atomic E-state index is 0. The number of aryl methyl sites for hydroxylation is 2. The standard InChI is InChI=1S/2C7H7.2C5H6.Ti/c2*1-7-5-3-2-4-6-7;2*1-2-4-5-3-1;/h2*3-6H,1H3;2*1-4H,5H2;/q2*-1;;;+2. The third-order valence-electron chi connectivity index (χ3n) is 3.08. The average molecular weight is 362 g/mol. The van der Waals surface area contributed by atoms with Gasteiger partial charge >= 0.3 is 21.7 Å². The van der Waals surface area contributed by atoms with Crippen LogP contribution in [0.15, 0.2) is 97.1 Å². The number of hydrogen-bond acceptors (Lipinski definition) is 0. The Morgan fingerprint density at radius 3 is 0.960 bits per heavy atom. The quantitative estimate of drug-likeness (QED) is 0.366. The van der Waals surface area contributed by atoms with Gasteiger partial charge in [0.05, 0.1) is 0 Å². The molecule has 0 aliphatic heterocycles. The number of hydrogen-bond donors (Lipinski definition) is 0. The van der Waals surface area contributed by atoms with Crippen molar-refractivity contribution in [3.8, 4) is 0 Å². The molecule has 0 radical (unpaired) electrons. The Hall–Kier alpha value is -1.89. The van der Waals surface area contributed by atoms with Crippen LogP contribution in [-0.2, 0) is 21.7 Å². The SMILES string of the molecule is C1=CCC=C1.C1=CCC=C1.Cc1cc[c-]cc1.Cc1cc[c-]cc1.[Ti+2]. The molecule has 0 heterocycles. The summed E-state index contributed by atoms with van der Waals surface area (Å²) in [5.41, 5.74) is 2.58. The Labute approximate surface area is 168 Å². The van der Waals surface area contributed by atoms with E-state index < -0.39 is 0 Å². The van der Waals surface area contributed by atoms with E-state index in [4.69, 9.17) is 0 Å². The summed E-state index contributed by atoms with van der Waals surface area (Å²) in [5.74, 6) is 0. The minimum absolute atomic E-state index is 0. The van der Waals surface area contributed by atoms with E-state index >= 15 is 0 Å².